The van der Waals surface area contributed by atoms with E-state index in [-0.39, 0.29) is 23.3 Å². The molecule has 3 aromatic carbocycles. The third-order valence-corrected chi connectivity index (χ3v) is 5.74. The predicted molar refractivity (Wildman–Crippen MR) is 132 cm³/mol. The average Bonchev–Trinajstić information content (AvgIpc) is 3.14. The number of amidine groups is 1. The number of nitrogens with zero attached hydrogens (tertiary/aromatic N) is 2. The van der Waals surface area contributed by atoms with Crippen LogP contribution in [-0.4, -0.2) is 28.6 Å². The monoisotopic (exact) mass is 474 g/mol. The highest BCUT2D eigenvalue weighted by Crippen LogP contribution is 2.29. The normalized spacial score (nSPS) is 14.3. The summed E-state index contributed by atoms with van der Waals surface area (Å²) in [5.41, 5.74) is 7.51. The lowest BCUT2D eigenvalue weighted by Gasteiger charge is -2.17. The summed E-state index contributed by atoms with van der Waals surface area (Å²) in [7, 11) is 0. The van der Waals surface area contributed by atoms with Gasteiger partial charge in [0.15, 0.2) is 5.17 Å². The number of primary amides is 1. The largest absolute Gasteiger partial charge is 0.366 e. The highest BCUT2D eigenvalue weighted by atomic mass is 32.2. The molecule has 3 aromatic rings. The van der Waals surface area contributed by atoms with Crippen molar-refractivity contribution < 1.29 is 18.8 Å². The Kier molecular flexibility index (Phi) is 6.84. The van der Waals surface area contributed by atoms with Crippen LogP contribution < -0.4 is 16.0 Å². The quantitative estimate of drug-likeness (QED) is 0.526. The number of amides is 3. The number of thioether (sulfide) groups is 1. The molecule has 0 saturated heterocycles. The van der Waals surface area contributed by atoms with E-state index in [4.69, 9.17) is 5.73 Å². The minimum absolute atomic E-state index is 0.0278. The van der Waals surface area contributed by atoms with E-state index in [1.165, 1.54) is 41.3 Å². The van der Waals surface area contributed by atoms with Crippen molar-refractivity contribution in [1.82, 2.24) is 0 Å². The molecule has 0 saturated carbocycles. The summed E-state index contributed by atoms with van der Waals surface area (Å²) in [4.78, 5) is 42.6. The van der Waals surface area contributed by atoms with Gasteiger partial charge in [-0.2, -0.15) is 0 Å². The molecule has 0 unspecified atom stereocenters. The zero-order valence-electron chi connectivity index (χ0n) is 17.8. The Morgan fingerprint density at radius 3 is 2.32 bits per heavy atom. The van der Waals surface area contributed by atoms with Gasteiger partial charge in [-0.3, -0.25) is 19.3 Å². The SMILES string of the molecule is NC(=O)c1ccc(NC(=O)CSC2=N/C(=C/c3ccccc3)C(=O)N2c2ccc(F)cc2)cc1. The molecule has 0 spiro atoms. The first kappa shape index (κ1) is 22.9. The first-order valence-corrected chi connectivity index (χ1v) is 11.2. The van der Waals surface area contributed by atoms with Crippen molar-refractivity contribution >= 4 is 52.1 Å². The zero-order valence-corrected chi connectivity index (χ0v) is 18.6. The van der Waals surface area contributed by atoms with Gasteiger partial charge < -0.3 is 11.1 Å². The van der Waals surface area contributed by atoms with Crippen LogP contribution in [0.15, 0.2) is 89.6 Å². The van der Waals surface area contributed by atoms with Crippen molar-refractivity contribution in [3.8, 4) is 0 Å². The van der Waals surface area contributed by atoms with Gasteiger partial charge in [0.2, 0.25) is 11.8 Å². The van der Waals surface area contributed by atoms with Crippen LogP contribution in [0.5, 0.6) is 0 Å². The molecule has 1 heterocycles. The second-order valence-electron chi connectivity index (χ2n) is 7.23. The average molecular weight is 475 g/mol. The molecule has 4 rings (SSSR count). The summed E-state index contributed by atoms with van der Waals surface area (Å²) in [5, 5.41) is 3.03. The Morgan fingerprint density at radius 2 is 1.68 bits per heavy atom. The Morgan fingerprint density at radius 1 is 1.00 bits per heavy atom. The fraction of sp³-hybridized carbons (Fsp3) is 0.0400. The molecule has 3 amide bonds. The van der Waals surface area contributed by atoms with Crippen LogP contribution in [0, 0.1) is 5.82 Å². The number of hydrogen-bond acceptors (Lipinski definition) is 5. The highest BCUT2D eigenvalue weighted by Gasteiger charge is 2.32. The molecule has 1 aliphatic rings. The summed E-state index contributed by atoms with van der Waals surface area (Å²) >= 11 is 1.08. The number of rotatable bonds is 6. The smallest absolute Gasteiger partial charge is 0.283 e. The predicted octanol–water partition coefficient (Wildman–Crippen LogP) is 4.04. The molecule has 0 aliphatic carbocycles. The third kappa shape index (κ3) is 5.38. The van der Waals surface area contributed by atoms with Gasteiger partial charge in [0.1, 0.15) is 11.5 Å². The minimum Gasteiger partial charge on any atom is -0.366 e. The van der Waals surface area contributed by atoms with Gasteiger partial charge in [0, 0.05) is 11.3 Å². The molecule has 7 nitrogen and oxygen atoms in total. The van der Waals surface area contributed by atoms with Crippen molar-refractivity contribution in [2.24, 2.45) is 10.7 Å². The molecule has 170 valence electrons. The molecule has 0 fully saturated rings. The maximum atomic E-state index is 13.4. The highest BCUT2D eigenvalue weighted by molar-refractivity contribution is 8.14. The zero-order chi connectivity index (χ0) is 24.1. The molecular formula is C25H19FN4O3S. The molecule has 0 atom stereocenters. The van der Waals surface area contributed by atoms with Gasteiger partial charge >= 0.3 is 0 Å². The molecule has 34 heavy (non-hydrogen) atoms. The van der Waals surface area contributed by atoms with Crippen molar-refractivity contribution in [3.05, 3.63) is 102 Å². The number of anilines is 2. The van der Waals surface area contributed by atoms with E-state index < -0.39 is 11.7 Å². The molecule has 3 N–H and O–H groups in total. The van der Waals surface area contributed by atoms with E-state index in [0.717, 1.165) is 17.3 Å². The van der Waals surface area contributed by atoms with Crippen molar-refractivity contribution in [1.29, 1.82) is 0 Å². The summed E-state index contributed by atoms with van der Waals surface area (Å²) in [6, 6.07) is 20.9. The standard InChI is InChI=1S/C25H19FN4O3S/c26-18-8-12-20(13-9-18)30-24(33)21(14-16-4-2-1-3-5-16)29-25(30)34-15-22(31)28-19-10-6-17(7-11-19)23(27)32/h1-14H,15H2,(H2,27,32)(H,28,31)/b21-14+. The fourth-order valence-electron chi connectivity index (χ4n) is 3.16. The lowest BCUT2D eigenvalue weighted by molar-refractivity contribution is -0.114. The second kappa shape index (κ2) is 10.1. The Balaban J connectivity index is 1.52. The molecule has 0 radical (unpaired) electrons. The van der Waals surface area contributed by atoms with Crippen LogP contribution in [0.4, 0.5) is 15.8 Å². The van der Waals surface area contributed by atoms with Gasteiger partial charge in [0.05, 0.1) is 11.4 Å². The number of aliphatic imine (C=N–C) groups is 1. The maximum Gasteiger partial charge on any atom is 0.283 e. The first-order valence-electron chi connectivity index (χ1n) is 10.2. The van der Waals surface area contributed by atoms with E-state index in [2.05, 4.69) is 10.3 Å². The number of nitrogens with one attached hydrogen (secondary N) is 1. The molecular weight excluding hydrogens is 455 g/mol. The fourth-order valence-corrected chi connectivity index (χ4v) is 3.98. The number of halogens is 1. The number of benzene rings is 3. The van der Waals surface area contributed by atoms with E-state index in [1.54, 1.807) is 18.2 Å². The van der Waals surface area contributed by atoms with Gasteiger partial charge in [0.25, 0.3) is 5.91 Å². The Hall–Kier alpha value is -4.24. The summed E-state index contributed by atoms with van der Waals surface area (Å²) in [6.45, 7) is 0. The second-order valence-corrected chi connectivity index (χ2v) is 8.17. The lowest BCUT2D eigenvalue weighted by atomic mass is 10.2. The van der Waals surface area contributed by atoms with Crippen molar-refractivity contribution in [2.45, 2.75) is 0 Å². The van der Waals surface area contributed by atoms with Gasteiger partial charge in [-0.05, 0) is 60.2 Å². The third-order valence-electron chi connectivity index (χ3n) is 4.80. The van der Waals surface area contributed by atoms with Crippen LogP contribution in [-0.2, 0) is 9.59 Å². The summed E-state index contributed by atoms with van der Waals surface area (Å²) in [6.07, 6.45) is 1.66. The Bertz CT molecular complexity index is 1290. The number of hydrogen-bond donors (Lipinski definition) is 2. The molecule has 0 bridgehead atoms. The molecule has 0 aromatic heterocycles. The van der Waals surface area contributed by atoms with Crippen LogP contribution in [0.3, 0.4) is 0 Å². The van der Waals surface area contributed by atoms with E-state index in [1.807, 2.05) is 30.3 Å². The van der Waals surface area contributed by atoms with E-state index in [0.29, 0.717) is 22.1 Å². The Labute approximate surface area is 199 Å². The van der Waals surface area contributed by atoms with Crippen LogP contribution in [0.2, 0.25) is 0 Å². The van der Waals surface area contributed by atoms with Crippen LogP contribution in [0.1, 0.15) is 15.9 Å². The molecule has 1 aliphatic heterocycles. The van der Waals surface area contributed by atoms with Crippen LogP contribution in [0.25, 0.3) is 6.08 Å². The van der Waals surface area contributed by atoms with Gasteiger partial charge in [-0.25, -0.2) is 9.38 Å². The van der Waals surface area contributed by atoms with Gasteiger partial charge in [-0.1, -0.05) is 42.1 Å². The number of nitrogens with two attached hydrogens (primary N) is 1. The number of carbonyl (C=O) groups is 3. The van der Waals surface area contributed by atoms with Crippen LogP contribution >= 0.6 is 11.8 Å². The van der Waals surface area contributed by atoms with Gasteiger partial charge in [-0.15, -0.1) is 0 Å². The summed E-state index contributed by atoms with van der Waals surface area (Å²) < 4.78 is 13.4. The lowest BCUT2D eigenvalue weighted by Crippen LogP contribution is -2.31. The topological polar surface area (TPSA) is 105 Å². The maximum absolute atomic E-state index is 13.4. The van der Waals surface area contributed by atoms with E-state index >= 15 is 0 Å². The van der Waals surface area contributed by atoms with Crippen molar-refractivity contribution in [3.63, 3.8) is 0 Å². The summed E-state index contributed by atoms with van der Waals surface area (Å²) in [5.74, 6) is -1.71. The molecule has 9 heteroatoms. The minimum atomic E-state index is -0.558. The van der Waals surface area contributed by atoms with Crippen molar-refractivity contribution in [2.75, 3.05) is 16.0 Å². The first-order chi connectivity index (χ1) is 16.4. The number of carbonyl (C=O) groups excluding carboxylic acids is 3. The van der Waals surface area contributed by atoms with E-state index in [9.17, 15) is 18.8 Å².